The molecule has 1 aromatic rings. The van der Waals surface area contributed by atoms with Gasteiger partial charge >= 0.3 is 0 Å². The Morgan fingerprint density at radius 1 is 1.38 bits per heavy atom. The van der Waals surface area contributed by atoms with Crippen molar-refractivity contribution >= 4 is 11.9 Å². The van der Waals surface area contributed by atoms with E-state index in [0.29, 0.717) is 19.1 Å². The van der Waals surface area contributed by atoms with E-state index in [2.05, 4.69) is 14.9 Å². The minimum atomic E-state index is -0.146. The molecule has 2 aliphatic rings. The molecule has 0 saturated carbocycles. The van der Waals surface area contributed by atoms with Crippen LogP contribution in [0.2, 0.25) is 0 Å². The second-order valence-electron chi connectivity index (χ2n) is 7.51. The molecule has 0 spiro atoms. The van der Waals surface area contributed by atoms with Crippen LogP contribution in [-0.2, 0) is 16.1 Å². The number of anilines is 1. The molecule has 8 nitrogen and oxygen atoms in total. The largest absolute Gasteiger partial charge is 0.381 e. The van der Waals surface area contributed by atoms with E-state index in [0.717, 1.165) is 44.7 Å². The average Bonchev–Trinajstić information content (AvgIpc) is 3.11. The molecule has 0 aromatic carbocycles. The molecule has 1 amide bonds. The summed E-state index contributed by atoms with van der Waals surface area (Å²) in [6, 6.07) is 1.83. The summed E-state index contributed by atoms with van der Waals surface area (Å²) in [7, 11) is 5.73. The quantitative estimate of drug-likeness (QED) is 0.810. The van der Waals surface area contributed by atoms with Gasteiger partial charge in [-0.1, -0.05) is 0 Å². The SMILES string of the molecule is CN(C)c1nc(CN(C)[C@H]2CCN(C(=O)[C@@H]3CCCOC3)C2)cc(=O)[nH]1. The van der Waals surface area contributed by atoms with Gasteiger partial charge in [0, 0.05) is 52.4 Å². The van der Waals surface area contributed by atoms with Crippen LogP contribution in [-0.4, -0.2) is 79.2 Å². The van der Waals surface area contributed by atoms with E-state index in [4.69, 9.17) is 4.74 Å². The Hall–Kier alpha value is -1.93. The van der Waals surface area contributed by atoms with Gasteiger partial charge in [0.25, 0.3) is 5.56 Å². The maximum atomic E-state index is 12.7. The minimum absolute atomic E-state index is 0.0183. The summed E-state index contributed by atoms with van der Waals surface area (Å²) in [6.45, 7) is 3.43. The van der Waals surface area contributed by atoms with Crippen molar-refractivity contribution in [2.75, 3.05) is 52.3 Å². The predicted octanol–water partition coefficient (Wildman–Crippen LogP) is 0.295. The number of ether oxygens (including phenoxy) is 1. The number of hydrogen-bond acceptors (Lipinski definition) is 6. The number of carbonyl (C=O) groups is 1. The van der Waals surface area contributed by atoms with Crippen molar-refractivity contribution in [1.29, 1.82) is 0 Å². The zero-order chi connectivity index (χ0) is 18.7. The van der Waals surface area contributed by atoms with Gasteiger partial charge in [0.05, 0.1) is 18.2 Å². The van der Waals surface area contributed by atoms with Crippen molar-refractivity contribution in [2.45, 2.75) is 31.8 Å². The van der Waals surface area contributed by atoms with Gasteiger partial charge in [0.15, 0.2) is 0 Å². The van der Waals surface area contributed by atoms with Crippen LogP contribution in [0.25, 0.3) is 0 Å². The Morgan fingerprint density at radius 2 is 2.19 bits per heavy atom. The lowest BCUT2D eigenvalue weighted by Crippen LogP contribution is -2.41. The smallest absolute Gasteiger partial charge is 0.252 e. The van der Waals surface area contributed by atoms with E-state index in [9.17, 15) is 9.59 Å². The molecule has 2 aliphatic heterocycles. The molecule has 8 heteroatoms. The number of hydrogen-bond donors (Lipinski definition) is 1. The maximum absolute atomic E-state index is 12.7. The van der Waals surface area contributed by atoms with E-state index in [1.165, 1.54) is 0 Å². The average molecular weight is 363 g/mol. The monoisotopic (exact) mass is 363 g/mol. The number of carbonyl (C=O) groups excluding carboxylic acids is 1. The van der Waals surface area contributed by atoms with Gasteiger partial charge in [-0.2, -0.15) is 0 Å². The number of nitrogens with one attached hydrogen (secondary N) is 1. The molecular formula is C18H29N5O3. The van der Waals surface area contributed by atoms with Gasteiger partial charge in [-0.3, -0.25) is 19.5 Å². The van der Waals surface area contributed by atoms with Crippen LogP contribution < -0.4 is 10.5 Å². The van der Waals surface area contributed by atoms with Gasteiger partial charge in [-0.05, 0) is 26.3 Å². The number of nitrogens with zero attached hydrogens (tertiary/aromatic N) is 4. The van der Waals surface area contributed by atoms with Crippen molar-refractivity contribution in [1.82, 2.24) is 19.8 Å². The molecule has 1 aromatic heterocycles. The number of likely N-dealkylation sites (N-methyl/N-ethyl adjacent to an activating group) is 1. The number of rotatable bonds is 5. The van der Waals surface area contributed by atoms with Gasteiger partial charge in [-0.25, -0.2) is 4.98 Å². The van der Waals surface area contributed by atoms with Gasteiger partial charge in [-0.15, -0.1) is 0 Å². The molecule has 1 N–H and O–H groups in total. The lowest BCUT2D eigenvalue weighted by molar-refractivity contribution is -0.138. The fourth-order valence-corrected chi connectivity index (χ4v) is 3.67. The van der Waals surface area contributed by atoms with E-state index >= 15 is 0 Å². The summed E-state index contributed by atoms with van der Waals surface area (Å²) in [4.78, 5) is 37.7. The topological polar surface area (TPSA) is 81.8 Å². The van der Waals surface area contributed by atoms with E-state index < -0.39 is 0 Å². The maximum Gasteiger partial charge on any atom is 0.252 e. The van der Waals surface area contributed by atoms with Crippen LogP contribution in [0.4, 0.5) is 5.95 Å². The van der Waals surface area contributed by atoms with Crippen molar-refractivity contribution in [3.05, 3.63) is 22.1 Å². The summed E-state index contributed by atoms with van der Waals surface area (Å²) in [6.07, 6.45) is 2.84. The van der Waals surface area contributed by atoms with Crippen molar-refractivity contribution in [3.8, 4) is 0 Å². The number of H-pyrrole nitrogens is 1. The number of likely N-dealkylation sites (tertiary alicyclic amines) is 1. The predicted molar refractivity (Wildman–Crippen MR) is 99.2 cm³/mol. The number of aromatic amines is 1. The first-order valence-corrected chi connectivity index (χ1v) is 9.28. The normalized spacial score (nSPS) is 23.5. The summed E-state index contributed by atoms with van der Waals surface area (Å²) < 4.78 is 5.46. The molecule has 2 atom stereocenters. The molecule has 0 radical (unpaired) electrons. The molecule has 2 saturated heterocycles. The molecule has 0 bridgehead atoms. The Kier molecular flexibility index (Phi) is 5.93. The molecule has 2 fully saturated rings. The second-order valence-corrected chi connectivity index (χ2v) is 7.51. The third-order valence-electron chi connectivity index (χ3n) is 5.23. The van der Waals surface area contributed by atoms with Crippen molar-refractivity contribution in [3.63, 3.8) is 0 Å². The summed E-state index contributed by atoms with van der Waals surface area (Å²) in [5.41, 5.74) is 0.595. The first-order chi connectivity index (χ1) is 12.4. The summed E-state index contributed by atoms with van der Waals surface area (Å²) >= 11 is 0. The summed E-state index contributed by atoms with van der Waals surface area (Å²) in [5.74, 6) is 0.802. The van der Waals surface area contributed by atoms with Crippen molar-refractivity contribution in [2.24, 2.45) is 5.92 Å². The highest BCUT2D eigenvalue weighted by Gasteiger charge is 2.33. The Bertz CT molecular complexity index is 684. The zero-order valence-electron chi connectivity index (χ0n) is 15.9. The minimum Gasteiger partial charge on any atom is -0.381 e. The highest BCUT2D eigenvalue weighted by molar-refractivity contribution is 5.79. The number of aromatic nitrogens is 2. The third kappa shape index (κ3) is 4.42. The molecule has 0 aliphatic carbocycles. The molecule has 3 rings (SSSR count). The summed E-state index contributed by atoms with van der Waals surface area (Å²) in [5, 5.41) is 0. The van der Waals surface area contributed by atoms with Gasteiger partial charge in [0.2, 0.25) is 11.9 Å². The molecular weight excluding hydrogens is 334 g/mol. The van der Waals surface area contributed by atoms with Crippen LogP contribution in [0.5, 0.6) is 0 Å². The lowest BCUT2D eigenvalue weighted by Gasteiger charge is -2.28. The van der Waals surface area contributed by atoms with Crippen LogP contribution >= 0.6 is 0 Å². The standard InChI is InChI=1S/C18H29N5O3/c1-21(2)18-19-14(9-16(24)20-18)10-22(3)15-6-7-23(11-15)17(25)13-5-4-8-26-12-13/h9,13,15H,4-8,10-12H2,1-3H3,(H,19,20,24)/t13-,15+/m1/s1. The first-order valence-electron chi connectivity index (χ1n) is 9.28. The fraction of sp³-hybridized carbons (Fsp3) is 0.722. The molecule has 26 heavy (non-hydrogen) atoms. The molecule has 144 valence electrons. The van der Waals surface area contributed by atoms with E-state index in [1.54, 1.807) is 11.0 Å². The van der Waals surface area contributed by atoms with Crippen molar-refractivity contribution < 1.29 is 9.53 Å². The lowest BCUT2D eigenvalue weighted by atomic mass is 10.0. The fourth-order valence-electron chi connectivity index (χ4n) is 3.67. The first kappa shape index (κ1) is 18.8. The van der Waals surface area contributed by atoms with E-state index in [-0.39, 0.29) is 23.4 Å². The molecule has 0 unspecified atom stereocenters. The number of amides is 1. The van der Waals surface area contributed by atoms with E-state index in [1.807, 2.05) is 26.0 Å². The second kappa shape index (κ2) is 8.18. The third-order valence-corrected chi connectivity index (χ3v) is 5.23. The van der Waals surface area contributed by atoms with Crippen LogP contribution in [0, 0.1) is 5.92 Å². The zero-order valence-corrected chi connectivity index (χ0v) is 15.9. The Labute approximate surface area is 154 Å². The Balaban J connectivity index is 1.58. The van der Waals surface area contributed by atoms with Crippen LogP contribution in [0.1, 0.15) is 25.0 Å². The van der Waals surface area contributed by atoms with Gasteiger partial charge < -0.3 is 14.5 Å². The highest BCUT2D eigenvalue weighted by atomic mass is 16.5. The Morgan fingerprint density at radius 3 is 2.88 bits per heavy atom. The molecule has 3 heterocycles. The highest BCUT2D eigenvalue weighted by Crippen LogP contribution is 2.22. The van der Waals surface area contributed by atoms with Crippen LogP contribution in [0.3, 0.4) is 0 Å². The van der Waals surface area contributed by atoms with Gasteiger partial charge in [0.1, 0.15) is 0 Å². The van der Waals surface area contributed by atoms with Crippen LogP contribution in [0.15, 0.2) is 10.9 Å².